The summed E-state index contributed by atoms with van der Waals surface area (Å²) in [7, 11) is 0. The van der Waals surface area contributed by atoms with E-state index < -0.39 is 0 Å². The molecule has 3 heteroatoms. The molecule has 1 aromatic heterocycles. The minimum Gasteiger partial charge on any atom is -0.326 e. The molecule has 0 radical (unpaired) electrons. The van der Waals surface area contributed by atoms with E-state index in [2.05, 4.69) is 30.6 Å². The van der Waals surface area contributed by atoms with Crippen molar-refractivity contribution in [3.8, 4) is 0 Å². The van der Waals surface area contributed by atoms with Gasteiger partial charge in [-0.2, -0.15) is 5.10 Å². The average molecular weight is 221 g/mol. The van der Waals surface area contributed by atoms with E-state index in [9.17, 15) is 0 Å². The molecule has 1 fully saturated rings. The molecule has 16 heavy (non-hydrogen) atoms. The van der Waals surface area contributed by atoms with E-state index in [0.717, 1.165) is 12.2 Å². The molecule has 1 unspecified atom stereocenters. The van der Waals surface area contributed by atoms with E-state index >= 15 is 0 Å². The number of hydrogen-bond acceptors (Lipinski definition) is 2. The fraction of sp³-hybridized carbons (Fsp3) is 0.769. The number of rotatable bonds is 3. The van der Waals surface area contributed by atoms with Crippen LogP contribution in [0, 0.1) is 26.7 Å². The Morgan fingerprint density at radius 2 is 1.94 bits per heavy atom. The van der Waals surface area contributed by atoms with Crippen LogP contribution in [0.3, 0.4) is 0 Å². The Morgan fingerprint density at radius 1 is 1.31 bits per heavy atom. The maximum absolute atomic E-state index is 6.28. The maximum atomic E-state index is 6.28. The second-order valence-electron chi connectivity index (χ2n) is 5.19. The first-order valence-electron chi connectivity index (χ1n) is 6.35. The molecule has 1 atom stereocenters. The van der Waals surface area contributed by atoms with Crippen LogP contribution in [0.15, 0.2) is 0 Å². The first-order valence-corrected chi connectivity index (χ1v) is 6.35. The van der Waals surface area contributed by atoms with Crippen LogP contribution in [-0.2, 0) is 6.54 Å². The minimum atomic E-state index is 0.278. The average Bonchev–Trinajstić information content (AvgIpc) is 2.85. The lowest BCUT2D eigenvalue weighted by Crippen LogP contribution is -2.33. The number of aryl methyl sites for hydroxylation is 1. The lowest BCUT2D eigenvalue weighted by molar-refractivity contribution is 0.369. The van der Waals surface area contributed by atoms with Gasteiger partial charge < -0.3 is 5.73 Å². The van der Waals surface area contributed by atoms with Gasteiger partial charge in [0.05, 0.1) is 12.2 Å². The molecule has 0 amide bonds. The summed E-state index contributed by atoms with van der Waals surface area (Å²) in [6, 6.07) is 0.278. The fourth-order valence-electron chi connectivity index (χ4n) is 2.70. The first kappa shape index (κ1) is 11.6. The Morgan fingerprint density at radius 3 is 2.44 bits per heavy atom. The highest BCUT2D eigenvalue weighted by Crippen LogP contribution is 2.27. The van der Waals surface area contributed by atoms with Crippen molar-refractivity contribution in [2.24, 2.45) is 11.7 Å². The largest absolute Gasteiger partial charge is 0.326 e. The summed E-state index contributed by atoms with van der Waals surface area (Å²) in [6.45, 7) is 7.22. The molecule has 0 aliphatic heterocycles. The topological polar surface area (TPSA) is 43.8 Å². The highest BCUT2D eigenvalue weighted by Gasteiger charge is 2.23. The molecule has 0 spiro atoms. The first-order chi connectivity index (χ1) is 7.59. The Kier molecular flexibility index (Phi) is 3.33. The van der Waals surface area contributed by atoms with Gasteiger partial charge in [0, 0.05) is 11.7 Å². The molecule has 0 saturated heterocycles. The molecule has 0 aromatic carbocycles. The molecule has 1 aliphatic carbocycles. The summed E-state index contributed by atoms with van der Waals surface area (Å²) in [5.41, 5.74) is 9.99. The quantitative estimate of drug-likeness (QED) is 0.851. The summed E-state index contributed by atoms with van der Waals surface area (Å²) in [5.74, 6) is 0.712. The third-order valence-electron chi connectivity index (χ3n) is 4.13. The summed E-state index contributed by atoms with van der Waals surface area (Å²) in [4.78, 5) is 0. The third-order valence-corrected chi connectivity index (χ3v) is 4.13. The zero-order valence-electron chi connectivity index (χ0n) is 10.7. The Labute approximate surface area is 98.0 Å². The highest BCUT2D eigenvalue weighted by molar-refractivity contribution is 5.22. The summed E-state index contributed by atoms with van der Waals surface area (Å²) in [6.07, 6.45) is 5.32. The maximum Gasteiger partial charge on any atom is 0.0625 e. The lowest BCUT2D eigenvalue weighted by Gasteiger charge is -2.19. The molecule has 0 bridgehead atoms. The van der Waals surface area contributed by atoms with Gasteiger partial charge in [0.25, 0.3) is 0 Å². The SMILES string of the molecule is Cc1nn(CC(N)C2CCCC2)c(C)c1C. The van der Waals surface area contributed by atoms with E-state index in [1.54, 1.807) is 0 Å². The van der Waals surface area contributed by atoms with E-state index in [0.29, 0.717) is 5.92 Å². The highest BCUT2D eigenvalue weighted by atomic mass is 15.3. The van der Waals surface area contributed by atoms with Crippen LogP contribution in [0.1, 0.15) is 42.6 Å². The van der Waals surface area contributed by atoms with E-state index in [4.69, 9.17) is 5.73 Å². The van der Waals surface area contributed by atoms with Gasteiger partial charge in [-0.15, -0.1) is 0 Å². The minimum absolute atomic E-state index is 0.278. The van der Waals surface area contributed by atoms with Gasteiger partial charge >= 0.3 is 0 Å². The van der Waals surface area contributed by atoms with Gasteiger partial charge in [-0.3, -0.25) is 4.68 Å². The van der Waals surface area contributed by atoms with Crippen LogP contribution < -0.4 is 5.73 Å². The third kappa shape index (κ3) is 2.14. The van der Waals surface area contributed by atoms with Crippen LogP contribution >= 0.6 is 0 Å². The van der Waals surface area contributed by atoms with Gasteiger partial charge in [0.15, 0.2) is 0 Å². The Hall–Kier alpha value is -0.830. The van der Waals surface area contributed by atoms with Gasteiger partial charge in [-0.05, 0) is 45.1 Å². The van der Waals surface area contributed by atoms with Crippen LogP contribution in [0.25, 0.3) is 0 Å². The standard InChI is InChI=1S/C13H23N3/c1-9-10(2)15-16(11(9)3)8-13(14)12-6-4-5-7-12/h12-13H,4-8,14H2,1-3H3. The van der Waals surface area contributed by atoms with E-state index in [1.165, 1.54) is 36.9 Å². The molecule has 1 aliphatic rings. The van der Waals surface area contributed by atoms with Crippen molar-refractivity contribution >= 4 is 0 Å². The van der Waals surface area contributed by atoms with Crippen molar-refractivity contribution in [2.75, 3.05) is 0 Å². The van der Waals surface area contributed by atoms with Crippen molar-refractivity contribution < 1.29 is 0 Å². The molecule has 1 heterocycles. The second kappa shape index (κ2) is 4.58. The van der Waals surface area contributed by atoms with Crippen molar-refractivity contribution in [1.82, 2.24) is 9.78 Å². The lowest BCUT2D eigenvalue weighted by atomic mass is 9.99. The number of hydrogen-bond donors (Lipinski definition) is 1. The predicted octanol–water partition coefficient (Wildman–Crippen LogP) is 2.33. The fourth-order valence-corrected chi connectivity index (χ4v) is 2.70. The van der Waals surface area contributed by atoms with Gasteiger partial charge in [-0.25, -0.2) is 0 Å². The molecular weight excluding hydrogens is 198 g/mol. The molecule has 2 N–H and O–H groups in total. The summed E-state index contributed by atoms with van der Waals surface area (Å²) >= 11 is 0. The van der Waals surface area contributed by atoms with Crippen molar-refractivity contribution in [2.45, 2.75) is 59.0 Å². The molecule has 1 saturated carbocycles. The van der Waals surface area contributed by atoms with Gasteiger partial charge in [0.2, 0.25) is 0 Å². The predicted molar refractivity (Wildman–Crippen MR) is 66.4 cm³/mol. The molecule has 90 valence electrons. The smallest absolute Gasteiger partial charge is 0.0625 e. The summed E-state index contributed by atoms with van der Waals surface area (Å²) < 4.78 is 2.09. The van der Waals surface area contributed by atoms with Gasteiger partial charge in [0.1, 0.15) is 0 Å². The number of nitrogens with two attached hydrogens (primary N) is 1. The Balaban J connectivity index is 2.05. The molecular formula is C13H23N3. The summed E-state index contributed by atoms with van der Waals surface area (Å²) in [5, 5.41) is 4.56. The molecule has 3 nitrogen and oxygen atoms in total. The van der Waals surface area contributed by atoms with Crippen LogP contribution in [0.4, 0.5) is 0 Å². The van der Waals surface area contributed by atoms with Gasteiger partial charge in [-0.1, -0.05) is 12.8 Å². The number of aromatic nitrogens is 2. The van der Waals surface area contributed by atoms with Crippen LogP contribution in [0.2, 0.25) is 0 Å². The molecule has 2 rings (SSSR count). The normalized spacial score (nSPS) is 19.2. The Bertz CT molecular complexity index is 361. The van der Waals surface area contributed by atoms with Crippen molar-refractivity contribution in [3.05, 3.63) is 17.0 Å². The monoisotopic (exact) mass is 221 g/mol. The van der Waals surface area contributed by atoms with Crippen molar-refractivity contribution in [1.29, 1.82) is 0 Å². The van der Waals surface area contributed by atoms with E-state index in [1.807, 2.05) is 0 Å². The zero-order valence-corrected chi connectivity index (χ0v) is 10.7. The molecule has 1 aromatic rings. The van der Waals surface area contributed by atoms with Crippen molar-refractivity contribution in [3.63, 3.8) is 0 Å². The van der Waals surface area contributed by atoms with E-state index in [-0.39, 0.29) is 6.04 Å². The van der Waals surface area contributed by atoms with Crippen LogP contribution in [-0.4, -0.2) is 15.8 Å². The second-order valence-corrected chi connectivity index (χ2v) is 5.19. The van der Waals surface area contributed by atoms with Crippen LogP contribution in [0.5, 0.6) is 0 Å². The number of nitrogens with zero attached hydrogens (tertiary/aromatic N) is 2. The zero-order chi connectivity index (χ0) is 11.7.